The van der Waals surface area contributed by atoms with Crippen LogP contribution in [0.3, 0.4) is 0 Å². The first kappa shape index (κ1) is 29.4. The van der Waals surface area contributed by atoms with Crippen molar-refractivity contribution in [2.45, 2.75) is 81.5 Å². The fraction of sp³-hybridized carbons (Fsp3) is 0.533. The first-order valence-electron chi connectivity index (χ1n) is 14.1. The molecule has 2 saturated carbocycles. The number of nitrogens with zero attached hydrogens (tertiary/aromatic N) is 1. The summed E-state index contributed by atoms with van der Waals surface area (Å²) in [5.74, 6) is -1.39. The zero-order valence-electron chi connectivity index (χ0n) is 22.6. The van der Waals surface area contributed by atoms with E-state index in [4.69, 9.17) is 23.2 Å². The molecule has 1 amide bonds. The normalized spacial score (nSPS) is 26.4. The van der Waals surface area contributed by atoms with Gasteiger partial charge in [-0.15, -0.1) is 0 Å². The zero-order chi connectivity index (χ0) is 28.7. The molecule has 0 bridgehead atoms. The maximum Gasteiger partial charge on any atom is 0.304 e. The van der Waals surface area contributed by atoms with E-state index in [1.165, 1.54) is 0 Å². The Morgan fingerprint density at radius 2 is 1.77 bits per heavy atom. The fourth-order valence-electron chi connectivity index (χ4n) is 6.49. The van der Waals surface area contributed by atoms with Crippen molar-refractivity contribution in [2.75, 3.05) is 6.54 Å². The Kier molecular flexibility index (Phi) is 8.54. The number of hydrogen-bond acceptors (Lipinski definition) is 4. The lowest BCUT2D eigenvalue weighted by Gasteiger charge is -2.53. The molecule has 1 unspecified atom stereocenters. The van der Waals surface area contributed by atoms with Gasteiger partial charge in [0, 0.05) is 28.5 Å². The minimum absolute atomic E-state index is 0.106. The zero-order valence-corrected chi connectivity index (χ0v) is 24.9. The number of likely N-dealkylation sites (tertiary alicyclic amines) is 1. The van der Waals surface area contributed by atoms with Gasteiger partial charge in [-0.25, -0.2) is 13.1 Å². The van der Waals surface area contributed by atoms with E-state index >= 15 is 0 Å². The highest BCUT2D eigenvalue weighted by molar-refractivity contribution is 7.90. The molecule has 5 rings (SSSR count). The van der Waals surface area contributed by atoms with Crippen LogP contribution in [-0.4, -0.2) is 48.1 Å². The van der Waals surface area contributed by atoms with E-state index < -0.39 is 38.7 Å². The van der Waals surface area contributed by atoms with E-state index in [0.717, 1.165) is 30.4 Å². The average molecular weight is 608 g/mol. The summed E-state index contributed by atoms with van der Waals surface area (Å²) in [4.78, 5) is 28.6. The van der Waals surface area contributed by atoms with Crippen molar-refractivity contribution in [3.8, 4) is 0 Å². The van der Waals surface area contributed by atoms with Gasteiger partial charge in [-0.05, 0) is 79.8 Å². The predicted molar refractivity (Wildman–Crippen MR) is 156 cm³/mol. The van der Waals surface area contributed by atoms with E-state index in [-0.39, 0.29) is 30.7 Å². The van der Waals surface area contributed by atoms with E-state index in [1.807, 2.05) is 42.2 Å². The summed E-state index contributed by atoms with van der Waals surface area (Å²) in [6.45, 7) is 1.97. The van der Waals surface area contributed by atoms with Gasteiger partial charge < -0.3 is 10.0 Å². The van der Waals surface area contributed by atoms with Crippen molar-refractivity contribution >= 4 is 45.1 Å². The van der Waals surface area contributed by atoms with Crippen molar-refractivity contribution in [1.82, 2.24) is 9.62 Å². The lowest BCUT2D eigenvalue weighted by molar-refractivity contribution is -0.162. The second kappa shape index (κ2) is 11.6. The third-order valence-corrected chi connectivity index (χ3v) is 11.5. The van der Waals surface area contributed by atoms with Gasteiger partial charge in [-0.3, -0.25) is 9.59 Å². The molecule has 40 heavy (non-hydrogen) atoms. The quantitative estimate of drug-likeness (QED) is 0.318. The lowest BCUT2D eigenvalue weighted by Crippen LogP contribution is -2.60. The number of carboxylic acids is 1. The van der Waals surface area contributed by atoms with E-state index in [2.05, 4.69) is 4.72 Å². The summed E-state index contributed by atoms with van der Waals surface area (Å²) >= 11 is 12.7. The molecular formula is C30H36Cl2N2O5S. The molecular weight excluding hydrogens is 571 g/mol. The molecule has 216 valence electrons. The van der Waals surface area contributed by atoms with Gasteiger partial charge in [-0.2, -0.15) is 0 Å². The monoisotopic (exact) mass is 606 g/mol. The second-order valence-corrected chi connectivity index (χ2v) is 14.5. The van der Waals surface area contributed by atoms with Crippen LogP contribution in [0.1, 0.15) is 81.4 Å². The molecule has 2 aromatic rings. The molecule has 1 heterocycles. The van der Waals surface area contributed by atoms with Gasteiger partial charge in [0.15, 0.2) is 0 Å². The number of sulfonamides is 1. The summed E-state index contributed by atoms with van der Waals surface area (Å²) in [6.07, 6.45) is 4.35. The SMILES string of the molecule is CC[C@]1(CC(=O)O)C[C@H](c2cccc(Cl)c2)[C@@H](c2ccc(Cl)cc2)N(C(CNS(=O)(=O)C2CCC2)C2CC2)C1=O. The highest BCUT2D eigenvalue weighted by Crippen LogP contribution is 2.55. The first-order valence-corrected chi connectivity index (χ1v) is 16.4. The van der Waals surface area contributed by atoms with E-state index in [0.29, 0.717) is 35.7 Å². The summed E-state index contributed by atoms with van der Waals surface area (Å²) in [7, 11) is -3.51. The summed E-state index contributed by atoms with van der Waals surface area (Å²) < 4.78 is 28.9. The van der Waals surface area contributed by atoms with Crippen molar-refractivity contribution in [1.29, 1.82) is 0 Å². The predicted octanol–water partition coefficient (Wildman–Crippen LogP) is 6.17. The largest absolute Gasteiger partial charge is 0.481 e. The summed E-state index contributed by atoms with van der Waals surface area (Å²) in [5.41, 5.74) is 0.648. The summed E-state index contributed by atoms with van der Waals surface area (Å²) in [5, 5.41) is 10.7. The number of carbonyl (C=O) groups is 2. The number of amides is 1. The number of carboxylic acid groups (broad SMARTS) is 1. The molecule has 0 spiro atoms. The fourth-order valence-corrected chi connectivity index (χ4v) is 8.41. The molecule has 2 aromatic carbocycles. The molecule has 3 aliphatic rings. The Labute approximate surface area is 246 Å². The van der Waals surface area contributed by atoms with Crippen LogP contribution in [0.15, 0.2) is 48.5 Å². The van der Waals surface area contributed by atoms with E-state index in [1.54, 1.807) is 18.2 Å². The molecule has 1 saturated heterocycles. The third-order valence-electron chi connectivity index (χ3n) is 9.14. The molecule has 4 atom stereocenters. The van der Waals surface area contributed by atoms with Crippen molar-refractivity contribution < 1.29 is 23.1 Å². The standard InChI is InChI=1S/C30H36Cl2N2O5S/c1-2-30(17-27(35)36)16-25(21-5-3-6-23(32)15-21)28(20-11-13-22(31)14-12-20)34(29(30)37)26(19-9-10-19)18-33-40(38,39)24-7-4-8-24/h3,5-6,11-15,19,24-26,28,33H,2,4,7-10,16-18H2,1H3,(H,35,36)/t25-,26?,28-,30-/m1/s1. The Hall–Kier alpha value is -2.13. The number of hydrogen-bond donors (Lipinski definition) is 2. The van der Waals surface area contributed by atoms with Crippen LogP contribution in [0.5, 0.6) is 0 Å². The van der Waals surface area contributed by atoms with Crippen LogP contribution < -0.4 is 4.72 Å². The first-order chi connectivity index (χ1) is 19.0. The van der Waals surface area contributed by atoms with Crippen LogP contribution in [0, 0.1) is 11.3 Å². The number of piperidine rings is 1. The minimum Gasteiger partial charge on any atom is -0.481 e. The number of rotatable bonds is 11. The molecule has 7 nitrogen and oxygen atoms in total. The van der Waals surface area contributed by atoms with Crippen LogP contribution in [0.4, 0.5) is 0 Å². The molecule has 0 aromatic heterocycles. The van der Waals surface area contributed by atoms with Crippen LogP contribution >= 0.6 is 23.2 Å². The number of carbonyl (C=O) groups excluding carboxylic acids is 1. The van der Waals surface area contributed by atoms with Gasteiger partial charge in [0.05, 0.1) is 23.1 Å². The maximum atomic E-state index is 14.6. The molecule has 2 aliphatic carbocycles. The van der Waals surface area contributed by atoms with Gasteiger partial charge in [0.1, 0.15) is 0 Å². The molecule has 2 N–H and O–H groups in total. The molecule has 3 fully saturated rings. The molecule has 1 aliphatic heterocycles. The molecule has 10 heteroatoms. The number of nitrogens with one attached hydrogen (secondary N) is 1. The topological polar surface area (TPSA) is 104 Å². The maximum absolute atomic E-state index is 14.6. The highest BCUT2D eigenvalue weighted by Gasteiger charge is 2.55. The Balaban J connectivity index is 1.64. The minimum atomic E-state index is -3.51. The van der Waals surface area contributed by atoms with Crippen LogP contribution in [0.2, 0.25) is 10.0 Å². The van der Waals surface area contributed by atoms with Crippen molar-refractivity contribution in [3.05, 3.63) is 69.7 Å². The Bertz CT molecular complexity index is 1360. The molecule has 0 radical (unpaired) electrons. The number of aliphatic carboxylic acids is 1. The Morgan fingerprint density at radius 3 is 2.33 bits per heavy atom. The third kappa shape index (κ3) is 5.91. The van der Waals surface area contributed by atoms with Crippen LogP contribution in [0.25, 0.3) is 0 Å². The van der Waals surface area contributed by atoms with Gasteiger partial charge in [-0.1, -0.05) is 60.8 Å². The Morgan fingerprint density at radius 1 is 1.07 bits per heavy atom. The average Bonchev–Trinajstić information content (AvgIpc) is 3.70. The lowest BCUT2D eigenvalue weighted by atomic mass is 9.64. The smallest absolute Gasteiger partial charge is 0.304 e. The number of benzene rings is 2. The summed E-state index contributed by atoms with van der Waals surface area (Å²) in [6, 6.07) is 14.1. The highest BCUT2D eigenvalue weighted by atomic mass is 35.5. The van der Waals surface area contributed by atoms with Crippen LogP contribution in [-0.2, 0) is 19.6 Å². The van der Waals surface area contributed by atoms with Crippen molar-refractivity contribution in [2.24, 2.45) is 11.3 Å². The number of halogens is 2. The van der Waals surface area contributed by atoms with Crippen molar-refractivity contribution in [3.63, 3.8) is 0 Å². The van der Waals surface area contributed by atoms with Gasteiger partial charge >= 0.3 is 5.97 Å². The second-order valence-electron chi connectivity index (χ2n) is 11.6. The van der Waals surface area contributed by atoms with Gasteiger partial charge in [0.25, 0.3) is 0 Å². The van der Waals surface area contributed by atoms with E-state index in [9.17, 15) is 23.1 Å². The van der Waals surface area contributed by atoms with Gasteiger partial charge in [0.2, 0.25) is 15.9 Å².